The Morgan fingerprint density at radius 1 is 1.38 bits per heavy atom. The van der Waals surface area contributed by atoms with Crippen LogP contribution in [0.1, 0.15) is 32.6 Å². The molecule has 2 aliphatic rings. The maximum atomic E-state index is 12.6. The van der Waals surface area contributed by atoms with Crippen LogP contribution in [0.25, 0.3) is 0 Å². The summed E-state index contributed by atoms with van der Waals surface area (Å²) in [5.74, 6) is -0.909. The topological polar surface area (TPSA) is 90.0 Å². The van der Waals surface area contributed by atoms with Crippen LogP contribution in [0.3, 0.4) is 0 Å². The summed E-state index contributed by atoms with van der Waals surface area (Å²) in [6.07, 6.45) is 2.35. The van der Waals surface area contributed by atoms with Crippen molar-refractivity contribution in [2.24, 2.45) is 5.92 Å². The molecule has 2 N–H and O–H groups in total. The minimum absolute atomic E-state index is 0.0129. The lowest BCUT2D eigenvalue weighted by molar-refractivity contribution is -0.138. The van der Waals surface area contributed by atoms with Gasteiger partial charge < -0.3 is 20.2 Å². The number of rotatable bonds is 3. The van der Waals surface area contributed by atoms with E-state index in [0.717, 1.165) is 12.8 Å². The van der Waals surface area contributed by atoms with E-state index in [1.54, 1.807) is 9.80 Å². The molecule has 21 heavy (non-hydrogen) atoms. The van der Waals surface area contributed by atoms with Gasteiger partial charge in [0.05, 0.1) is 0 Å². The van der Waals surface area contributed by atoms with Gasteiger partial charge in [-0.25, -0.2) is 4.79 Å². The molecule has 2 rings (SSSR count). The molecule has 2 aliphatic heterocycles. The van der Waals surface area contributed by atoms with E-state index in [2.05, 4.69) is 5.32 Å². The van der Waals surface area contributed by atoms with Crippen LogP contribution < -0.4 is 5.32 Å². The summed E-state index contributed by atoms with van der Waals surface area (Å²) in [5, 5.41) is 11.7. The van der Waals surface area contributed by atoms with Crippen LogP contribution >= 0.6 is 0 Å². The van der Waals surface area contributed by atoms with Crippen molar-refractivity contribution in [1.82, 2.24) is 15.1 Å². The van der Waals surface area contributed by atoms with Gasteiger partial charge in [-0.15, -0.1) is 0 Å². The van der Waals surface area contributed by atoms with E-state index in [1.165, 1.54) is 0 Å². The van der Waals surface area contributed by atoms with Gasteiger partial charge in [0.2, 0.25) is 5.91 Å². The third kappa shape index (κ3) is 3.65. The van der Waals surface area contributed by atoms with Crippen LogP contribution in [0.15, 0.2) is 0 Å². The zero-order chi connectivity index (χ0) is 15.4. The average Bonchev–Trinajstić information content (AvgIpc) is 2.45. The highest BCUT2D eigenvalue weighted by Gasteiger charge is 2.35. The lowest BCUT2D eigenvalue weighted by Crippen LogP contribution is -2.60. The Hall–Kier alpha value is -1.79. The van der Waals surface area contributed by atoms with Gasteiger partial charge in [0.25, 0.3) is 0 Å². The fourth-order valence-electron chi connectivity index (χ4n) is 3.18. The molecule has 118 valence electrons. The lowest BCUT2D eigenvalue weighted by atomic mass is 9.95. The predicted molar refractivity (Wildman–Crippen MR) is 75.7 cm³/mol. The summed E-state index contributed by atoms with van der Waals surface area (Å²) in [7, 11) is 0. The normalized spacial score (nSPS) is 26.4. The van der Waals surface area contributed by atoms with Crippen molar-refractivity contribution in [3.05, 3.63) is 0 Å². The van der Waals surface area contributed by atoms with Gasteiger partial charge in [-0.05, 0) is 25.2 Å². The number of nitrogens with one attached hydrogen (secondary N) is 1. The number of piperazine rings is 1. The SMILES string of the molecule is CCC1C(=O)NCCN1C(=O)N1CCCC(CC(=O)O)C1. The van der Waals surface area contributed by atoms with Crippen LogP contribution in [-0.4, -0.2) is 65.0 Å². The van der Waals surface area contributed by atoms with Crippen molar-refractivity contribution < 1.29 is 19.5 Å². The third-order valence-electron chi connectivity index (χ3n) is 4.22. The van der Waals surface area contributed by atoms with Crippen LogP contribution in [0.4, 0.5) is 4.79 Å². The molecule has 0 saturated carbocycles. The number of carboxylic acids is 1. The monoisotopic (exact) mass is 297 g/mol. The highest BCUT2D eigenvalue weighted by atomic mass is 16.4. The predicted octanol–water partition coefficient (Wildman–Crippen LogP) is 0.504. The summed E-state index contributed by atoms with van der Waals surface area (Å²) < 4.78 is 0. The van der Waals surface area contributed by atoms with Crippen molar-refractivity contribution in [2.45, 2.75) is 38.6 Å². The first kappa shape index (κ1) is 15.6. The average molecular weight is 297 g/mol. The first-order valence-electron chi connectivity index (χ1n) is 7.58. The molecule has 0 aromatic heterocycles. The second-order valence-corrected chi connectivity index (χ2v) is 5.74. The molecule has 0 aromatic rings. The second-order valence-electron chi connectivity index (χ2n) is 5.74. The summed E-state index contributed by atoms with van der Waals surface area (Å²) in [6, 6.07) is -0.544. The number of hydrogen-bond acceptors (Lipinski definition) is 3. The van der Waals surface area contributed by atoms with E-state index in [9.17, 15) is 14.4 Å². The largest absolute Gasteiger partial charge is 0.481 e. The first-order chi connectivity index (χ1) is 10.0. The molecule has 0 bridgehead atoms. The molecular weight excluding hydrogens is 274 g/mol. The summed E-state index contributed by atoms with van der Waals surface area (Å²) in [4.78, 5) is 38.6. The van der Waals surface area contributed by atoms with Gasteiger partial charge in [-0.2, -0.15) is 0 Å². The number of hydrogen-bond donors (Lipinski definition) is 2. The maximum absolute atomic E-state index is 12.6. The van der Waals surface area contributed by atoms with E-state index in [4.69, 9.17) is 5.11 Å². The molecular formula is C14H23N3O4. The van der Waals surface area contributed by atoms with Crippen LogP contribution in [0.5, 0.6) is 0 Å². The number of aliphatic carboxylic acids is 1. The smallest absolute Gasteiger partial charge is 0.320 e. The fraction of sp³-hybridized carbons (Fsp3) is 0.786. The zero-order valence-corrected chi connectivity index (χ0v) is 12.4. The number of carboxylic acid groups (broad SMARTS) is 1. The van der Waals surface area contributed by atoms with Crippen molar-refractivity contribution in [3.63, 3.8) is 0 Å². The highest BCUT2D eigenvalue weighted by molar-refractivity contribution is 5.88. The van der Waals surface area contributed by atoms with Crippen LogP contribution in [0.2, 0.25) is 0 Å². The summed E-state index contributed by atoms with van der Waals surface area (Å²) in [5.41, 5.74) is 0. The van der Waals surface area contributed by atoms with E-state index < -0.39 is 12.0 Å². The number of carbonyl (C=O) groups excluding carboxylic acids is 2. The Labute approximate surface area is 124 Å². The Morgan fingerprint density at radius 3 is 2.81 bits per heavy atom. The highest BCUT2D eigenvalue weighted by Crippen LogP contribution is 2.22. The molecule has 2 fully saturated rings. The van der Waals surface area contributed by atoms with Gasteiger partial charge in [-0.3, -0.25) is 9.59 Å². The number of nitrogens with zero attached hydrogens (tertiary/aromatic N) is 2. The third-order valence-corrected chi connectivity index (χ3v) is 4.22. The lowest BCUT2D eigenvalue weighted by Gasteiger charge is -2.40. The van der Waals surface area contributed by atoms with Gasteiger partial charge >= 0.3 is 12.0 Å². The Kier molecular flexibility index (Phi) is 5.03. The molecule has 2 atom stereocenters. The molecule has 2 unspecified atom stereocenters. The standard InChI is InChI=1S/C14H23N3O4/c1-2-11-13(20)15-5-7-17(11)14(21)16-6-3-4-10(9-16)8-12(18)19/h10-11H,2-9H2,1H3,(H,15,20)(H,18,19). The number of carbonyl (C=O) groups is 3. The molecule has 2 saturated heterocycles. The molecule has 3 amide bonds. The van der Waals surface area contributed by atoms with Crippen LogP contribution in [-0.2, 0) is 9.59 Å². The molecule has 0 aliphatic carbocycles. The van der Waals surface area contributed by atoms with E-state index in [1.807, 2.05) is 6.92 Å². The van der Waals surface area contributed by atoms with Gasteiger partial charge in [0.1, 0.15) is 6.04 Å². The van der Waals surface area contributed by atoms with Gasteiger partial charge in [-0.1, -0.05) is 6.92 Å². The molecule has 0 radical (unpaired) electrons. The number of likely N-dealkylation sites (tertiary alicyclic amines) is 1. The Balaban J connectivity index is 2.01. The summed E-state index contributed by atoms with van der Waals surface area (Å²) >= 11 is 0. The maximum Gasteiger partial charge on any atom is 0.320 e. The molecule has 7 nitrogen and oxygen atoms in total. The van der Waals surface area contributed by atoms with Crippen molar-refractivity contribution in [3.8, 4) is 0 Å². The van der Waals surface area contributed by atoms with Crippen molar-refractivity contribution in [2.75, 3.05) is 26.2 Å². The molecule has 7 heteroatoms. The summed E-state index contributed by atoms with van der Waals surface area (Å²) in [6.45, 7) is 4.00. The van der Waals surface area contributed by atoms with Crippen molar-refractivity contribution in [1.29, 1.82) is 0 Å². The number of amides is 3. The van der Waals surface area contributed by atoms with E-state index in [0.29, 0.717) is 32.6 Å². The molecule has 2 heterocycles. The van der Waals surface area contributed by atoms with E-state index in [-0.39, 0.29) is 24.3 Å². The minimum atomic E-state index is -0.821. The zero-order valence-electron chi connectivity index (χ0n) is 12.4. The van der Waals surface area contributed by atoms with Gasteiger partial charge in [0, 0.05) is 32.6 Å². The second kappa shape index (κ2) is 6.78. The quantitative estimate of drug-likeness (QED) is 0.794. The van der Waals surface area contributed by atoms with E-state index >= 15 is 0 Å². The Morgan fingerprint density at radius 2 is 2.14 bits per heavy atom. The molecule has 0 aromatic carbocycles. The molecule has 0 spiro atoms. The number of urea groups is 1. The Bertz CT molecular complexity index is 426. The van der Waals surface area contributed by atoms with Gasteiger partial charge in [0.15, 0.2) is 0 Å². The van der Waals surface area contributed by atoms with Crippen LogP contribution in [0, 0.1) is 5.92 Å². The number of piperidine rings is 1. The first-order valence-corrected chi connectivity index (χ1v) is 7.58. The van der Waals surface area contributed by atoms with Crippen molar-refractivity contribution >= 4 is 17.9 Å². The fourth-order valence-corrected chi connectivity index (χ4v) is 3.18. The minimum Gasteiger partial charge on any atom is -0.481 e.